The van der Waals surface area contributed by atoms with Gasteiger partial charge in [0.25, 0.3) is 0 Å². The van der Waals surface area contributed by atoms with Gasteiger partial charge in [0, 0.05) is 16.4 Å². The summed E-state index contributed by atoms with van der Waals surface area (Å²) < 4.78 is 1.04. The van der Waals surface area contributed by atoms with Crippen molar-refractivity contribution < 1.29 is 4.79 Å². The molecule has 0 saturated carbocycles. The molecule has 0 aromatic heterocycles. The molecule has 2 rings (SSSR count). The maximum absolute atomic E-state index is 12.3. The minimum absolute atomic E-state index is 0. The first-order chi connectivity index (χ1) is 9.08. The fourth-order valence-corrected chi connectivity index (χ4v) is 3.23. The quantitative estimate of drug-likeness (QED) is 0.866. The second kappa shape index (κ2) is 8.01. The van der Waals surface area contributed by atoms with Crippen LogP contribution in [-0.4, -0.2) is 18.5 Å². The van der Waals surface area contributed by atoms with E-state index in [4.69, 9.17) is 0 Å². The highest BCUT2D eigenvalue weighted by molar-refractivity contribution is 9.10. The Labute approximate surface area is 135 Å². The molecule has 3 nitrogen and oxygen atoms in total. The largest absolute Gasteiger partial charge is 0.349 e. The first-order valence-electron chi connectivity index (χ1n) is 6.86. The van der Waals surface area contributed by atoms with E-state index in [1.807, 2.05) is 31.2 Å². The molecule has 1 aromatic rings. The van der Waals surface area contributed by atoms with E-state index in [9.17, 15) is 4.79 Å². The first kappa shape index (κ1) is 17.5. The Bertz CT molecular complexity index is 455. The number of hydrogen-bond acceptors (Lipinski definition) is 2. The summed E-state index contributed by atoms with van der Waals surface area (Å²) in [4.78, 5) is 12.3. The topological polar surface area (TPSA) is 41.1 Å². The molecule has 1 aliphatic heterocycles. The van der Waals surface area contributed by atoms with Crippen molar-refractivity contribution in [3.63, 3.8) is 0 Å². The van der Waals surface area contributed by atoms with E-state index >= 15 is 0 Å². The summed E-state index contributed by atoms with van der Waals surface area (Å²) in [6.07, 6.45) is 1.85. The van der Waals surface area contributed by atoms with E-state index in [-0.39, 0.29) is 30.3 Å². The molecule has 3 atom stereocenters. The number of halogens is 2. The Morgan fingerprint density at radius 3 is 2.80 bits per heavy atom. The van der Waals surface area contributed by atoms with Crippen molar-refractivity contribution in [2.75, 3.05) is 6.54 Å². The molecule has 2 N–H and O–H groups in total. The van der Waals surface area contributed by atoms with Crippen LogP contribution in [0, 0.1) is 5.92 Å². The average molecular weight is 362 g/mol. The number of rotatable bonds is 3. The van der Waals surface area contributed by atoms with Gasteiger partial charge < -0.3 is 10.6 Å². The van der Waals surface area contributed by atoms with Gasteiger partial charge >= 0.3 is 0 Å². The summed E-state index contributed by atoms with van der Waals surface area (Å²) in [5.74, 6) is 0.317. The van der Waals surface area contributed by atoms with Gasteiger partial charge in [-0.1, -0.05) is 34.1 Å². The van der Waals surface area contributed by atoms with Crippen LogP contribution in [-0.2, 0) is 4.79 Å². The molecule has 0 bridgehead atoms. The average Bonchev–Trinajstić information content (AvgIpc) is 2.39. The van der Waals surface area contributed by atoms with Crippen LogP contribution in [0.2, 0.25) is 0 Å². The number of hydrogen-bond donors (Lipinski definition) is 2. The maximum Gasteiger partial charge on any atom is 0.223 e. The van der Waals surface area contributed by atoms with Crippen molar-refractivity contribution in [3.8, 4) is 0 Å². The SMILES string of the molecule is CC(NC(=O)[C@H]1CCN[C@@H](C)C1)c1ccccc1Br.Cl. The summed E-state index contributed by atoms with van der Waals surface area (Å²) in [5, 5.41) is 6.50. The van der Waals surface area contributed by atoms with Crippen molar-refractivity contribution in [1.82, 2.24) is 10.6 Å². The lowest BCUT2D eigenvalue weighted by Gasteiger charge is -2.28. The lowest BCUT2D eigenvalue weighted by Crippen LogP contribution is -2.43. The molecule has 0 spiro atoms. The van der Waals surface area contributed by atoms with E-state index in [1.165, 1.54) is 0 Å². The van der Waals surface area contributed by atoms with Gasteiger partial charge in [-0.3, -0.25) is 4.79 Å². The predicted octanol–water partition coefficient (Wildman–Crippen LogP) is 3.44. The van der Waals surface area contributed by atoms with Crippen LogP contribution in [0.3, 0.4) is 0 Å². The molecule has 1 amide bonds. The van der Waals surface area contributed by atoms with Crippen LogP contribution in [0.5, 0.6) is 0 Å². The van der Waals surface area contributed by atoms with Crippen LogP contribution >= 0.6 is 28.3 Å². The Morgan fingerprint density at radius 2 is 2.15 bits per heavy atom. The van der Waals surface area contributed by atoms with Gasteiger partial charge in [0.05, 0.1) is 6.04 Å². The highest BCUT2D eigenvalue weighted by Crippen LogP contribution is 2.24. The molecular weight excluding hydrogens is 340 g/mol. The fraction of sp³-hybridized carbons (Fsp3) is 0.533. The summed E-state index contributed by atoms with van der Waals surface area (Å²) in [6.45, 7) is 5.10. The van der Waals surface area contributed by atoms with Gasteiger partial charge in [-0.15, -0.1) is 12.4 Å². The number of nitrogens with one attached hydrogen (secondary N) is 2. The third-order valence-corrected chi connectivity index (χ3v) is 4.45. The number of benzene rings is 1. The zero-order valence-electron chi connectivity index (χ0n) is 11.9. The first-order valence-corrected chi connectivity index (χ1v) is 7.65. The normalized spacial score (nSPS) is 23.6. The smallest absolute Gasteiger partial charge is 0.223 e. The van der Waals surface area contributed by atoms with Gasteiger partial charge in [-0.25, -0.2) is 0 Å². The molecule has 1 aliphatic rings. The van der Waals surface area contributed by atoms with Gasteiger partial charge in [-0.2, -0.15) is 0 Å². The number of piperidine rings is 1. The standard InChI is InChI=1S/C15H21BrN2O.ClH/c1-10-9-12(7-8-17-10)15(19)18-11(2)13-5-3-4-6-14(13)16;/h3-6,10-12,17H,7-9H2,1-2H3,(H,18,19);1H/t10-,11?,12-;/m0./s1. The number of amides is 1. The van der Waals surface area contributed by atoms with E-state index < -0.39 is 0 Å². The van der Waals surface area contributed by atoms with Crippen LogP contribution in [0.1, 0.15) is 38.3 Å². The van der Waals surface area contributed by atoms with Crippen molar-refractivity contribution in [1.29, 1.82) is 0 Å². The van der Waals surface area contributed by atoms with E-state index in [0.717, 1.165) is 29.4 Å². The third-order valence-electron chi connectivity index (χ3n) is 3.72. The molecule has 5 heteroatoms. The van der Waals surface area contributed by atoms with Crippen LogP contribution in [0.25, 0.3) is 0 Å². The molecule has 1 unspecified atom stereocenters. The number of carbonyl (C=O) groups excluding carboxylic acids is 1. The van der Waals surface area contributed by atoms with Crippen molar-refractivity contribution >= 4 is 34.2 Å². The second-order valence-electron chi connectivity index (χ2n) is 5.33. The molecule has 1 aromatic carbocycles. The van der Waals surface area contributed by atoms with Gasteiger partial charge in [-0.05, 0) is 44.9 Å². The van der Waals surface area contributed by atoms with Crippen LogP contribution in [0.4, 0.5) is 0 Å². The molecular formula is C15H22BrClN2O. The molecule has 1 heterocycles. The number of carbonyl (C=O) groups is 1. The van der Waals surface area contributed by atoms with E-state index in [2.05, 4.69) is 33.5 Å². The fourth-order valence-electron chi connectivity index (χ4n) is 2.61. The van der Waals surface area contributed by atoms with Crippen LogP contribution < -0.4 is 10.6 Å². The van der Waals surface area contributed by atoms with E-state index in [1.54, 1.807) is 0 Å². The molecule has 20 heavy (non-hydrogen) atoms. The summed E-state index contributed by atoms with van der Waals surface area (Å²) >= 11 is 3.53. The Kier molecular flexibility index (Phi) is 7.00. The summed E-state index contributed by atoms with van der Waals surface area (Å²) in [6, 6.07) is 8.49. The zero-order chi connectivity index (χ0) is 13.8. The predicted molar refractivity (Wildman–Crippen MR) is 88.1 cm³/mol. The third kappa shape index (κ3) is 4.47. The summed E-state index contributed by atoms with van der Waals surface area (Å²) in [5.41, 5.74) is 1.12. The molecule has 1 saturated heterocycles. The summed E-state index contributed by atoms with van der Waals surface area (Å²) in [7, 11) is 0. The van der Waals surface area contributed by atoms with Crippen molar-refractivity contribution in [2.24, 2.45) is 5.92 Å². The molecule has 0 radical (unpaired) electrons. The molecule has 0 aliphatic carbocycles. The Morgan fingerprint density at radius 1 is 1.45 bits per heavy atom. The maximum atomic E-state index is 12.3. The Hall–Kier alpha value is -0.580. The van der Waals surface area contributed by atoms with Crippen LogP contribution in [0.15, 0.2) is 28.7 Å². The lowest BCUT2D eigenvalue weighted by atomic mass is 9.92. The van der Waals surface area contributed by atoms with Gasteiger partial charge in [0.2, 0.25) is 5.91 Å². The zero-order valence-corrected chi connectivity index (χ0v) is 14.3. The monoisotopic (exact) mass is 360 g/mol. The highest BCUT2D eigenvalue weighted by atomic mass is 79.9. The highest BCUT2D eigenvalue weighted by Gasteiger charge is 2.25. The minimum Gasteiger partial charge on any atom is -0.349 e. The lowest BCUT2D eigenvalue weighted by molar-refractivity contribution is -0.126. The minimum atomic E-state index is 0. The van der Waals surface area contributed by atoms with Crippen molar-refractivity contribution in [2.45, 2.75) is 38.8 Å². The molecule has 112 valence electrons. The van der Waals surface area contributed by atoms with Crippen molar-refractivity contribution in [3.05, 3.63) is 34.3 Å². The Balaban J connectivity index is 0.00000200. The van der Waals surface area contributed by atoms with E-state index in [0.29, 0.717) is 6.04 Å². The van der Waals surface area contributed by atoms with Gasteiger partial charge in [0.1, 0.15) is 0 Å². The molecule has 1 fully saturated rings. The van der Waals surface area contributed by atoms with Gasteiger partial charge in [0.15, 0.2) is 0 Å². The second-order valence-corrected chi connectivity index (χ2v) is 6.18.